The summed E-state index contributed by atoms with van der Waals surface area (Å²) in [6, 6.07) is 8.09. The molecule has 0 bridgehead atoms. The number of aromatic nitrogens is 1. The molecule has 22 heavy (non-hydrogen) atoms. The summed E-state index contributed by atoms with van der Waals surface area (Å²) in [5.41, 5.74) is 1.83. The summed E-state index contributed by atoms with van der Waals surface area (Å²) in [4.78, 5) is 23.4. The van der Waals surface area contributed by atoms with Crippen molar-refractivity contribution in [3.63, 3.8) is 0 Å². The average molecular weight is 302 g/mol. The van der Waals surface area contributed by atoms with Gasteiger partial charge in [-0.3, -0.25) is 4.79 Å². The molecule has 7 nitrogen and oxygen atoms in total. The molecule has 3 amide bonds. The van der Waals surface area contributed by atoms with Crippen molar-refractivity contribution in [1.82, 2.24) is 10.5 Å². The zero-order valence-electron chi connectivity index (χ0n) is 12.6. The molecule has 0 spiro atoms. The maximum Gasteiger partial charge on any atom is 0.318 e. The van der Waals surface area contributed by atoms with Crippen molar-refractivity contribution in [1.29, 1.82) is 0 Å². The molecular formula is C15H18N4O3. The molecule has 0 fully saturated rings. The Morgan fingerprint density at radius 2 is 1.82 bits per heavy atom. The highest BCUT2D eigenvalue weighted by Gasteiger charge is 2.15. The van der Waals surface area contributed by atoms with E-state index in [2.05, 4.69) is 21.1 Å². The summed E-state index contributed by atoms with van der Waals surface area (Å²) >= 11 is 0. The van der Waals surface area contributed by atoms with Gasteiger partial charge in [-0.15, -0.1) is 0 Å². The SMILES string of the molecule is CNC(=O)Nc1cccc(NC(=O)c2cc(C(C)C)no2)c1. The number of hydrogen-bond donors (Lipinski definition) is 3. The Hall–Kier alpha value is -2.83. The first-order valence-electron chi connectivity index (χ1n) is 6.86. The van der Waals surface area contributed by atoms with Gasteiger partial charge in [0.2, 0.25) is 5.76 Å². The fourth-order valence-electron chi connectivity index (χ4n) is 1.73. The van der Waals surface area contributed by atoms with E-state index in [4.69, 9.17) is 4.52 Å². The molecule has 1 aromatic carbocycles. The first-order valence-corrected chi connectivity index (χ1v) is 6.86. The number of carbonyl (C=O) groups excluding carboxylic acids is 2. The number of anilines is 2. The van der Waals surface area contributed by atoms with Crippen molar-refractivity contribution >= 4 is 23.3 Å². The third-order valence-electron chi connectivity index (χ3n) is 2.95. The number of rotatable bonds is 4. The van der Waals surface area contributed by atoms with Crippen molar-refractivity contribution in [3.8, 4) is 0 Å². The van der Waals surface area contributed by atoms with Crippen molar-refractivity contribution in [2.24, 2.45) is 0 Å². The van der Waals surface area contributed by atoms with Crippen molar-refractivity contribution < 1.29 is 14.1 Å². The van der Waals surface area contributed by atoms with Crippen LogP contribution in [-0.4, -0.2) is 24.1 Å². The van der Waals surface area contributed by atoms with Gasteiger partial charge >= 0.3 is 6.03 Å². The van der Waals surface area contributed by atoms with Gasteiger partial charge in [-0.2, -0.15) is 0 Å². The van der Waals surface area contributed by atoms with Gasteiger partial charge in [0.05, 0.1) is 5.69 Å². The van der Waals surface area contributed by atoms with Crippen LogP contribution in [0.15, 0.2) is 34.9 Å². The molecule has 2 aromatic rings. The topological polar surface area (TPSA) is 96.3 Å². The predicted octanol–water partition coefficient (Wildman–Crippen LogP) is 2.80. The van der Waals surface area contributed by atoms with Crippen molar-refractivity contribution in [3.05, 3.63) is 41.8 Å². The first-order chi connectivity index (χ1) is 10.5. The molecule has 7 heteroatoms. The Balaban J connectivity index is 2.07. The third-order valence-corrected chi connectivity index (χ3v) is 2.95. The number of nitrogens with one attached hydrogen (secondary N) is 3. The van der Waals surface area contributed by atoms with Crippen LogP contribution >= 0.6 is 0 Å². The predicted molar refractivity (Wildman–Crippen MR) is 83.1 cm³/mol. The molecule has 1 heterocycles. The van der Waals surface area contributed by atoms with Crippen molar-refractivity contribution in [2.75, 3.05) is 17.7 Å². The Labute approximate surface area is 128 Å². The molecule has 3 N–H and O–H groups in total. The third kappa shape index (κ3) is 3.85. The summed E-state index contributed by atoms with van der Waals surface area (Å²) in [5.74, 6) is -0.0600. The van der Waals surface area contributed by atoms with Crippen LogP contribution in [0.2, 0.25) is 0 Å². The lowest BCUT2D eigenvalue weighted by molar-refractivity contribution is 0.0988. The van der Waals surface area contributed by atoms with E-state index < -0.39 is 5.91 Å². The molecule has 0 saturated heterocycles. The van der Waals surface area contributed by atoms with Crippen LogP contribution in [0.5, 0.6) is 0 Å². The van der Waals surface area contributed by atoms with Gasteiger partial charge in [0, 0.05) is 24.5 Å². The zero-order valence-corrected chi connectivity index (χ0v) is 12.6. The molecule has 0 aliphatic carbocycles. The molecule has 116 valence electrons. The highest BCUT2D eigenvalue weighted by molar-refractivity contribution is 6.02. The first kappa shape index (κ1) is 15.6. The maximum absolute atomic E-state index is 12.1. The van der Waals surface area contributed by atoms with E-state index in [-0.39, 0.29) is 17.7 Å². The molecule has 0 atom stereocenters. The number of hydrogen-bond acceptors (Lipinski definition) is 4. The molecule has 1 aromatic heterocycles. The quantitative estimate of drug-likeness (QED) is 0.809. The van der Waals surface area contributed by atoms with Gasteiger partial charge in [0.25, 0.3) is 5.91 Å². The Bertz CT molecular complexity index is 679. The van der Waals surface area contributed by atoms with E-state index >= 15 is 0 Å². The maximum atomic E-state index is 12.1. The second kappa shape index (κ2) is 6.75. The van der Waals surface area contributed by atoms with Crippen LogP contribution in [0.25, 0.3) is 0 Å². The van der Waals surface area contributed by atoms with Crippen LogP contribution in [0, 0.1) is 0 Å². The highest BCUT2D eigenvalue weighted by Crippen LogP contribution is 2.18. The van der Waals surface area contributed by atoms with E-state index in [1.54, 1.807) is 30.3 Å². The van der Waals surface area contributed by atoms with Gasteiger partial charge in [-0.1, -0.05) is 25.1 Å². The molecule has 0 aliphatic heterocycles. The van der Waals surface area contributed by atoms with Gasteiger partial charge in [-0.05, 0) is 24.1 Å². The Morgan fingerprint density at radius 1 is 1.14 bits per heavy atom. The van der Waals surface area contributed by atoms with E-state index in [9.17, 15) is 9.59 Å². The molecular weight excluding hydrogens is 284 g/mol. The molecule has 0 radical (unpaired) electrons. The summed E-state index contributed by atoms with van der Waals surface area (Å²) in [5, 5.41) is 11.6. The van der Waals surface area contributed by atoms with Crippen LogP contribution in [0.3, 0.4) is 0 Å². The van der Waals surface area contributed by atoms with E-state index in [0.717, 1.165) is 5.69 Å². The fourth-order valence-corrected chi connectivity index (χ4v) is 1.73. The van der Waals surface area contributed by atoms with E-state index in [1.807, 2.05) is 13.8 Å². The molecule has 0 saturated carbocycles. The second-order valence-electron chi connectivity index (χ2n) is 5.01. The second-order valence-corrected chi connectivity index (χ2v) is 5.01. The largest absolute Gasteiger partial charge is 0.351 e. The van der Waals surface area contributed by atoms with E-state index in [1.165, 1.54) is 7.05 Å². The summed E-state index contributed by atoms with van der Waals surface area (Å²) in [7, 11) is 1.52. The highest BCUT2D eigenvalue weighted by atomic mass is 16.5. The number of benzene rings is 1. The fraction of sp³-hybridized carbons (Fsp3) is 0.267. The Morgan fingerprint density at radius 3 is 2.41 bits per heavy atom. The normalized spacial score (nSPS) is 10.4. The van der Waals surface area contributed by atoms with Crippen molar-refractivity contribution in [2.45, 2.75) is 19.8 Å². The number of amides is 3. The number of carbonyl (C=O) groups is 2. The van der Waals surface area contributed by atoms with Gasteiger partial charge < -0.3 is 20.5 Å². The van der Waals surface area contributed by atoms with Gasteiger partial charge in [-0.25, -0.2) is 4.79 Å². The molecule has 0 aliphatic rings. The molecule has 0 unspecified atom stereocenters. The lowest BCUT2D eigenvalue weighted by Gasteiger charge is -2.07. The smallest absolute Gasteiger partial charge is 0.318 e. The monoisotopic (exact) mass is 302 g/mol. The number of nitrogens with zero attached hydrogens (tertiary/aromatic N) is 1. The Kier molecular flexibility index (Phi) is 4.77. The standard InChI is InChI=1S/C15H18N4O3/c1-9(2)12-8-13(22-19-12)14(20)17-10-5-4-6-11(7-10)18-15(21)16-3/h4-9H,1-3H3,(H,17,20)(H2,16,18,21). The van der Waals surface area contributed by atoms with Gasteiger partial charge in [0.1, 0.15) is 0 Å². The minimum Gasteiger partial charge on any atom is -0.351 e. The minimum absolute atomic E-state index is 0.147. The van der Waals surface area contributed by atoms with Crippen LogP contribution in [0.4, 0.5) is 16.2 Å². The average Bonchev–Trinajstić information content (AvgIpc) is 2.97. The van der Waals surface area contributed by atoms with Gasteiger partial charge in [0.15, 0.2) is 0 Å². The molecule has 2 rings (SSSR count). The lowest BCUT2D eigenvalue weighted by atomic mass is 10.1. The summed E-state index contributed by atoms with van der Waals surface area (Å²) in [6.07, 6.45) is 0. The van der Waals surface area contributed by atoms with Crippen LogP contribution in [0.1, 0.15) is 36.0 Å². The lowest BCUT2D eigenvalue weighted by Crippen LogP contribution is -2.24. The van der Waals surface area contributed by atoms with E-state index in [0.29, 0.717) is 11.4 Å². The number of urea groups is 1. The zero-order chi connectivity index (χ0) is 16.1. The van der Waals surface area contributed by atoms with Crippen LogP contribution < -0.4 is 16.0 Å². The summed E-state index contributed by atoms with van der Waals surface area (Å²) in [6.45, 7) is 3.93. The minimum atomic E-state index is -0.392. The van der Waals surface area contributed by atoms with Crippen LogP contribution in [-0.2, 0) is 0 Å². The summed E-state index contributed by atoms with van der Waals surface area (Å²) < 4.78 is 5.03.